The Morgan fingerprint density at radius 2 is 1.95 bits per heavy atom. The first-order valence-electron chi connectivity index (χ1n) is 6.72. The van der Waals surface area contributed by atoms with Gasteiger partial charge in [0.25, 0.3) is 5.91 Å². The molecule has 1 aromatic heterocycles. The van der Waals surface area contributed by atoms with E-state index in [0.29, 0.717) is 25.2 Å². The Bertz CT molecular complexity index is 569. The summed E-state index contributed by atoms with van der Waals surface area (Å²) in [6, 6.07) is 11.5. The molecule has 0 fully saturated rings. The Balaban J connectivity index is 2.19. The van der Waals surface area contributed by atoms with Crippen molar-refractivity contribution < 1.29 is 4.79 Å². The van der Waals surface area contributed by atoms with Crippen LogP contribution in [0.4, 0.5) is 0 Å². The zero-order valence-corrected chi connectivity index (χ0v) is 11.6. The Kier molecular flexibility index (Phi) is 4.85. The summed E-state index contributed by atoms with van der Waals surface area (Å²) in [5.41, 5.74) is 8.52. The molecule has 0 aliphatic heterocycles. The highest BCUT2D eigenvalue weighted by Gasteiger charge is 2.15. The predicted molar refractivity (Wildman–Crippen MR) is 79.0 cm³/mol. The lowest BCUT2D eigenvalue weighted by Crippen LogP contribution is -2.30. The Labute approximate surface area is 119 Å². The van der Waals surface area contributed by atoms with Gasteiger partial charge in [-0.25, -0.2) is 0 Å². The van der Waals surface area contributed by atoms with Crippen LogP contribution >= 0.6 is 0 Å². The normalized spacial score (nSPS) is 10.3. The lowest BCUT2D eigenvalue weighted by molar-refractivity contribution is 0.0752. The van der Waals surface area contributed by atoms with Gasteiger partial charge < -0.3 is 10.6 Å². The summed E-state index contributed by atoms with van der Waals surface area (Å²) < 4.78 is 0. The molecular weight excluding hydrogens is 250 g/mol. The van der Waals surface area contributed by atoms with E-state index in [-0.39, 0.29) is 5.91 Å². The number of amides is 1. The van der Waals surface area contributed by atoms with Crippen molar-refractivity contribution in [3.05, 3.63) is 65.5 Å². The van der Waals surface area contributed by atoms with Crippen LogP contribution in [0.25, 0.3) is 0 Å². The van der Waals surface area contributed by atoms with Crippen LogP contribution in [0, 0.1) is 0 Å². The maximum Gasteiger partial charge on any atom is 0.255 e. The zero-order valence-electron chi connectivity index (χ0n) is 11.6. The van der Waals surface area contributed by atoms with Gasteiger partial charge in [-0.05, 0) is 30.2 Å². The van der Waals surface area contributed by atoms with Gasteiger partial charge in [0, 0.05) is 32.0 Å². The van der Waals surface area contributed by atoms with Gasteiger partial charge in [-0.15, -0.1) is 0 Å². The Hall–Kier alpha value is -2.20. The van der Waals surface area contributed by atoms with Gasteiger partial charge in [-0.3, -0.25) is 9.78 Å². The minimum absolute atomic E-state index is 0.00701. The molecule has 0 spiro atoms. The molecule has 0 bridgehead atoms. The van der Waals surface area contributed by atoms with Crippen molar-refractivity contribution in [3.8, 4) is 0 Å². The van der Waals surface area contributed by atoms with E-state index in [2.05, 4.69) is 4.98 Å². The average Bonchev–Trinajstić information content (AvgIpc) is 2.53. The molecule has 20 heavy (non-hydrogen) atoms. The van der Waals surface area contributed by atoms with Crippen LogP contribution < -0.4 is 5.73 Å². The number of pyridine rings is 1. The van der Waals surface area contributed by atoms with E-state index in [4.69, 9.17) is 5.73 Å². The van der Waals surface area contributed by atoms with Crippen molar-refractivity contribution in [1.82, 2.24) is 9.88 Å². The van der Waals surface area contributed by atoms with Gasteiger partial charge >= 0.3 is 0 Å². The second-order valence-corrected chi connectivity index (χ2v) is 4.53. The minimum atomic E-state index is -0.00701. The molecule has 0 radical (unpaired) electrons. The lowest BCUT2D eigenvalue weighted by atomic mass is 10.1. The number of carbonyl (C=O) groups is 1. The lowest BCUT2D eigenvalue weighted by Gasteiger charge is -2.22. The SMILES string of the molecule is CCN(Cc1ccccc1CN)C(=O)c1cccnc1. The van der Waals surface area contributed by atoms with Crippen LogP contribution in [0.3, 0.4) is 0 Å². The van der Waals surface area contributed by atoms with Crippen LogP contribution in [-0.4, -0.2) is 22.3 Å². The van der Waals surface area contributed by atoms with Crippen molar-refractivity contribution in [3.63, 3.8) is 0 Å². The topological polar surface area (TPSA) is 59.2 Å². The summed E-state index contributed by atoms with van der Waals surface area (Å²) in [5, 5.41) is 0. The molecule has 0 unspecified atom stereocenters. The maximum absolute atomic E-state index is 12.4. The molecule has 0 aliphatic rings. The smallest absolute Gasteiger partial charge is 0.255 e. The molecule has 2 rings (SSSR count). The zero-order chi connectivity index (χ0) is 14.4. The van der Waals surface area contributed by atoms with Crippen molar-refractivity contribution in [2.75, 3.05) is 6.54 Å². The summed E-state index contributed by atoms with van der Waals surface area (Å²) in [4.78, 5) is 18.2. The van der Waals surface area contributed by atoms with Crippen molar-refractivity contribution in [2.24, 2.45) is 5.73 Å². The molecule has 2 N–H and O–H groups in total. The quantitative estimate of drug-likeness (QED) is 0.905. The van der Waals surface area contributed by atoms with Gasteiger partial charge in [-0.2, -0.15) is 0 Å². The average molecular weight is 269 g/mol. The predicted octanol–water partition coefficient (Wildman–Crippen LogP) is 2.20. The third-order valence-corrected chi connectivity index (χ3v) is 3.28. The molecular formula is C16H19N3O. The van der Waals surface area contributed by atoms with Crippen molar-refractivity contribution in [1.29, 1.82) is 0 Å². The largest absolute Gasteiger partial charge is 0.335 e. The number of nitrogens with zero attached hydrogens (tertiary/aromatic N) is 2. The van der Waals surface area contributed by atoms with Crippen LogP contribution in [-0.2, 0) is 13.1 Å². The minimum Gasteiger partial charge on any atom is -0.335 e. The monoisotopic (exact) mass is 269 g/mol. The van der Waals surface area contributed by atoms with E-state index >= 15 is 0 Å². The van der Waals surface area contributed by atoms with Gasteiger partial charge in [0.2, 0.25) is 0 Å². The summed E-state index contributed by atoms with van der Waals surface area (Å²) in [6.45, 7) is 3.67. The fourth-order valence-electron chi connectivity index (χ4n) is 2.12. The van der Waals surface area contributed by atoms with Gasteiger partial charge in [0.05, 0.1) is 5.56 Å². The Morgan fingerprint density at radius 1 is 1.20 bits per heavy atom. The van der Waals surface area contributed by atoms with E-state index in [9.17, 15) is 4.79 Å². The molecule has 0 atom stereocenters. The Morgan fingerprint density at radius 3 is 2.55 bits per heavy atom. The first kappa shape index (κ1) is 14.2. The molecule has 0 saturated heterocycles. The first-order chi connectivity index (χ1) is 9.76. The van der Waals surface area contributed by atoms with Crippen molar-refractivity contribution in [2.45, 2.75) is 20.0 Å². The van der Waals surface area contributed by atoms with E-state index in [1.807, 2.05) is 31.2 Å². The number of rotatable bonds is 5. The highest BCUT2D eigenvalue weighted by Crippen LogP contribution is 2.13. The third kappa shape index (κ3) is 3.22. The fraction of sp³-hybridized carbons (Fsp3) is 0.250. The highest BCUT2D eigenvalue weighted by molar-refractivity contribution is 5.93. The fourth-order valence-corrected chi connectivity index (χ4v) is 2.12. The number of nitrogens with two attached hydrogens (primary N) is 1. The van der Waals surface area contributed by atoms with Crippen LogP contribution in [0.5, 0.6) is 0 Å². The van der Waals surface area contributed by atoms with Crippen LogP contribution in [0.1, 0.15) is 28.4 Å². The molecule has 0 aliphatic carbocycles. The number of aromatic nitrogens is 1. The van der Waals surface area contributed by atoms with E-state index in [0.717, 1.165) is 11.1 Å². The summed E-state index contributed by atoms with van der Waals surface area (Å²) >= 11 is 0. The number of hydrogen-bond donors (Lipinski definition) is 1. The standard InChI is InChI=1S/C16H19N3O/c1-2-19(16(20)14-8-5-9-18-11-14)12-15-7-4-3-6-13(15)10-17/h3-9,11H,2,10,12,17H2,1H3. The molecule has 0 saturated carbocycles. The molecule has 2 aromatic rings. The molecule has 4 heteroatoms. The van der Waals surface area contributed by atoms with E-state index < -0.39 is 0 Å². The summed E-state index contributed by atoms with van der Waals surface area (Å²) in [7, 11) is 0. The maximum atomic E-state index is 12.4. The second kappa shape index (κ2) is 6.82. The number of hydrogen-bond acceptors (Lipinski definition) is 3. The molecule has 1 amide bonds. The molecule has 4 nitrogen and oxygen atoms in total. The van der Waals surface area contributed by atoms with Gasteiger partial charge in [0.15, 0.2) is 0 Å². The van der Waals surface area contributed by atoms with Crippen LogP contribution in [0.15, 0.2) is 48.8 Å². The molecule has 1 heterocycles. The second-order valence-electron chi connectivity index (χ2n) is 4.53. The van der Waals surface area contributed by atoms with Gasteiger partial charge in [-0.1, -0.05) is 24.3 Å². The molecule has 104 valence electrons. The van der Waals surface area contributed by atoms with E-state index in [1.54, 1.807) is 29.4 Å². The summed E-state index contributed by atoms with van der Waals surface area (Å²) in [5.74, 6) is -0.00701. The third-order valence-electron chi connectivity index (χ3n) is 3.28. The highest BCUT2D eigenvalue weighted by atomic mass is 16.2. The summed E-state index contributed by atoms with van der Waals surface area (Å²) in [6.07, 6.45) is 3.26. The number of carbonyl (C=O) groups excluding carboxylic acids is 1. The van der Waals surface area contributed by atoms with E-state index in [1.165, 1.54) is 0 Å². The van der Waals surface area contributed by atoms with Crippen molar-refractivity contribution >= 4 is 5.91 Å². The first-order valence-corrected chi connectivity index (χ1v) is 6.72. The van der Waals surface area contributed by atoms with Gasteiger partial charge in [0.1, 0.15) is 0 Å². The molecule has 1 aromatic carbocycles. The number of benzene rings is 1. The van der Waals surface area contributed by atoms with Crippen LogP contribution in [0.2, 0.25) is 0 Å².